The Morgan fingerprint density at radius 1 is 1.33 bits per heavy atom. The van der Waals surface area contributed by atoms with Crippen LogP contribution in [0.1, 0.15) is 54.2 Å². The predicted molar refractivity (Wildman–Crippen MR) is 71.1 cm³/mol. The van der Waals surface area contributed by atoms with Gasteiger partial charge in [0.1, 0.15) is 0 Å². The second-order valence-corrected chi connectivity index (χ2v) is 4.92. The lowest BCUT2D eigenvalue weighted by Crippen LogP contribution is -2.11. The van der Waals surface area contributed by atoms with E-state index in [2.05, 4.69) is 4.98 Å². The lowest BCUT2D eigenvalue weighted by Gasteiger charge is -2.16. The van der Waals surface area contributed by atoms with Gasteiger partial charge in [-0.3, -0.25) is 4.98 Å². The maximum atomic E-state index is 11.8. The van der Waals surface area contributed by atoms with Crippen molar-refractivity contribution in [1.29, 1.82) is 0 Å². The summed E-state index contributed by atoms with van der Waals surface area (Å²) in [6.45, 7) is 2.14. The van der Waals surface area contributed by atoms with Gasteiger partial charge in [-0.15, -0.1) is 0 Å². The minimum Gasteiger partial charge on any atom is -0.462 e. The quantitative estimate of drug-likeness (QED) is 0.769. The van der Waals surface area contributed by atoms with Gasteiger partial charge in [0.05, 0.1) is 17.2 Å². The van der Waals surface area contributed by atoms with E-state index >= 15 is 0 Å². The number of ether oxygens (including phenoxy) is 1. The summed E-state index contributed by atoms with van der Waals surface area (Å²) in [6, 6.07) is 0. The van der Waals surface area contributed by atoms with Crippen LogP contribution < -0.4 is 0 Å². The molecular formula is C14H18ClNO2. The maximum Gasteiger partial charge on any atom is 0.341 e. The number of pyridine rings is 1. The number of carbonyl (C=O) groups is 1. The minimum absolute atomic E-state index is 0.353. The molecule has 0 amide bonds. The Kier molecular flexibility index (Phi) is 4.59. The van der Waals surface area contributed by atoms with Gasteiger partial charge in [0, 0.05) is 11.9 Å². The van der Waals surface area contributed by atoms with E-state index in [1.165, 1.54) is 12.8 Å². The molecule has 0 unspecified atom stereocenters. The van der Waals surface area contributed by atoms with Crippen LogP contribution >= 0.6 is 11.6 Å². The van der Waals surface area contributed by atoms with Crippen LogP contribution in [0.3, 0.4) is 0 Å². The summed E-state index contributed by atoms with van der Waals surface area (Å²) in [5.74, 6) is -0.375. The zero-order valence-electron chi connectivity index (χ0n) is 10.7. The molecule has 0 saturated carbocycles. The number of carbonyl (C=O) groups excluding carboxylic acids is 1. The molecule has 0 bridgehead atoms. The lowest BCUT2D eigenvalue weighted by molar-refractivity contribution is 0.0526. The number of esters is 1. The van der Waals surface area contributed by atoms with Crippen LogP contribution in [-0.4, -0.2) is 17.6 Å². The first kappa shape index (κ1) is 13.3. The van der Waals surface area contributed by atoms with E-state index in [1.807, 2.05) is 0 Å². The summed E-state index contributed by atoms with van der Waals surface area (Å²) in [4.78, 5) is 16.2. The highest BCUT2D eigenvalue weighted by atomic mass is 35.5. The Balaban J connectivity index is 2.34. The molecule has 18 heavy (non-hydrogen) atoms. The van der Waals surface area contributed by atoms with Crippen molar-refractivity contribution in [1.82, 2.24) is 4.98 Å². The van der Waals surface area contributed by atoms with Crippen LogP contribution in [0.4, 0.5) is 0 Å². The molecule has 3 nitrogen and oxygen atoms in total. The number of aryl methyl sites for hydroxylation is 1. The van der Waals surface area contributed by atoms with Gasteiger partial charge in [-0.05, 0) is 38.2 Å². The predicted octanol–water partition coefficient (Wildman–Crippen LogP) is 3.57. The van der Waals surface area contributed by atoms with Crippen LogP contribution in [0.15, 0.2) is 6.20 Å². The smallest absolute Gasteiger partial charge is 0.341 e. The summed E-state index contributed by atoms with van der Waals surface area (Å²) in [6.07, 6.45) is 8.15. The van der Waals surface area contributed by atoms with Gasteiger partial charge in [-0.2, -0.15) is 0 Å². The van der Waals surface area contributed by atoms with Crippen molar-refractivity contribution in [3.8, 4) is 0 Å². The number of halogens is 1. The van der Waals surface area contributed by atoms with Crippen molar-refractivity contribution in [2.75, 3.05) is 6.61 Å². The molecule has 1 aromatic rings. The van der Waals surface area contributed by atoms with Crippen molar-refractivity contribution in [2.45, 2.75) is 45.4 Å². The highest BCUT2D eigenvalue weighted by Crippen LogP contribution is 2.28. The second-order valence-electron chi connectivity index (χ2n) is 4.55. The van der Waals surface area contributed by atoms with Crippen molar-refractivity contribution in [2.24, 2.45) is 0 Å². The number of rotatable bonds is 2. The molecule has 0 atom stereocenters. The first-order chi connectivity index (χ1) is 8.74. The van der Waals surface area contributed by atoms with Gasteiger partial charge in [-0.1, -0.05) is 24.4 Å². The topological polar surface area (TPSA) is 39.2 Å². The average Bonchev–Trinajstić information content (AvgIpc) is 2.31. The van der Waals surface area contributed by atoms with Crippen molar-refractivity contribution in [3.05, 3.63) is 28.0 Å². The molecule has 0 spiro atoms. The van der Waals surface area contributed by atoms with Gasteiger partial charge in [0.2, 0.25) is 0 Å². The SMILES string of the molecule is CCOC(=O)c1cnc2c(c1Cl)CCCCCC2. The van der Waals surface area contributed by atoms with Gasteiger partial charge >= 0.3 is 5.97 Å². The second kappa shape index (κ2) is 6.19. The third-order valence-corrected chi connectivity index (χ3v) is 3.72. The van der Waals surface area contributed by atoms with E-state index < -0.39 is 0 Å². The van der Waals surface area contributed by atoms with E-state index in [-0.39, 0.29) is 5.97 Å². The Morgan fingerprint density at radius 2 is 2.06 bits per heavy atom. The molecule has 0 saturated heterocycles. The van der Waals surface area contributed by atoms with Crippen LogP contribution in [0.2, 0.25) is 5.02 Å². The summed E-state index contributed by atoms with van der Waals surface area (Å²) < 4.78 is 4.99. The average molecular weight is 268 g/mol. The maximum absolute atomic E-state index is 11.8. The number of hydrogen-bond donors (Lipinski definition) is 0. The molecule has 98 valence electrons. The van der Waals surface area contributed by atoms with Gasteiger partial charge in [-0.25, -0.2) is 4.79 Å². The van der Waals surface area contributed by atoms with Crippen LogP contribution in [0.5, 0.6) is 0 Å². The number of fused-ring (bicyclic) bond motifs is 1. The molecular weight excluding hydrogens is 250 g/mol. The Labute approximate surface area is 113 Å². The number of aromatic nitrogens is 1. The summed E-state index contributed by atoms with van der Waals surface area (Å²) >= 11 is 6.34. The largest absolute Gasteiger partial charge is 0.462 e. The fourth-order valence-electron chi connectivity index (χ4n) is 2.33. The normalized spacial score (nSPS) is 15.4. The third-order valence-electron chi connectivity index (χ3n) is 3.28. The molecule has 0 aromatic carbocycles. The third kappa shape index (κ3) is 2.83. The van der Waals surface area contributed by atoms with Crippen LogP contribution in [-0.2, 0) is 17.6 Å². The van der Waals surface area contributed by atoms with E-state index in [9.17, 15) is 4.79 Å². The zero-order valence-corrected chi connectivity index (χ0v) is 11.4. The summed E-state index contributed by atoms with van der Waals surface area (Å²) in [5.41, 5.74) is 2.49. The fraction of sp³-hybridized carbons (Fsp3) is 0.571. The molecule has 1 aliphatic rings. The van der Waals surface area contributed by atoms with Crippen molar-refractivity contribution in [3.63, 3.8) is 0 Å². The van der Waals surface area contributed by atoms with E-state index in [4.69, 9.17) is 16.3 Å². The van der Waals surface area contributed by atoms with E-state index in [0.29, 0.717) is 17.2 Å². The van der Waals surface area contributed by atoms with E-state index in [1.54, 1.807) is 13.1 Å². The van der Waals surface area contributed by atoms with Crippen molar-refractivity contribution < 1.29 is 9.53 Å². The summed E-state index contributed by atoms with van der Waals surface area (Å²) in [5, 5.41) is 0.542. The molecule has 1 aromatic heterocycles. The molecule has 1 heterocycles. The van der Waals surface area contributed by atoms with Crippen molar-refractivity contribution >= 4 is 17.6 Å². The van der Waals surface area contributed by atoms with Gasteiger partial charge < -0.3 is 4.74 Å². The standard InChI is InChI=1S/C14H18ClNO2/c1-2-18-14(17)11-9-16-12-8-6-4-3-5-7-10(12)13(11)15/h9H,2-8H2,1H3. The molecule has 0 aliphatic heterocycles. The minimum atomic E-state index is -0.375. The molecule has 4 heteroatoms. The zero-order chi connectivity index (χ0) is 13.0. The van der Waals surface area contributed by atoms with Gasteiger partial charge in [0.25, 0.3) is 0 Å². The first-order valence-corrected chi connectivity index (χ1v) is 6.95. The Hall–Kier alpha value is -1.09. The monoisotopic (exact) mass is 267 g/mol. The molecule has 0 radical (unpaired) electrons. The highest BCUT2D eigenvalue weighted by molar-refractivity contribution is 6.34. The Bertz CT molecular complexity index is 446. The highest BCUT2D eigenvalue weighted by Gasteiger charge is 2.19. The lowest BCUT2D eigenvalue weighted by atomic mass is 9.96. The van der Waals surface area contributed by atoms with Crippen LogP contribution in [0, 0.1) is 0 Å². The molecule has 1 aliphatic carbocycles. The Morgan fingerprint density at radius 3 is 2.78 bits per heavy atom. The first-order valence-electron chi connectivity index (χ1n) is 6.57. The summed E-state index contributed by atoms with van der Waals surface area (Å²) in [7, 11) is 0. The van der Waals surface area contributed by atoms with E-state index in [0.717, 1.165) is 36.9 Å². The molecule has 0 N–H and O–H groups in total. The molecule has 0 fully saturated rings. The van der Waals surface area contributed by atoms with Gasteiger partial charge in [0.15, 0.2) is 0 Å². The number of hydrogen-bond acceptors (Lipinski definition) is 3. The number of nitrogens with zero attached hydrogens (tertiary/aromatic N) is 1. The van der Waals surface area contributed by atoms with Crippen LogP contribution in [0.25, 0.3) is 0 Å². The fourth-order valence-corrected chi connectivity index (χ4v) is 2.66. The molecule has 2 rings (SSSR count).